The van der Waals surface area contributed by atoms with Crippen LogP contribution in [0.1, 0.15) is 117 Å². The smallest absolute Gasteiger partial charge is 0.167 e. The Hall–Kier alpha value is -0.370. The van der Waals surface area contributed by atoms with Crippen LogP contribution in [0.4, 0.5) is 0 Å². The number of aliphatic hydroxyl groups is 1. The van der Waals surface area contributed by atoms with Crippen molar-refractivity contribution in [2.75, 3.05) is 0 Å². The predicted molar refractivity (Wildman–Crippen MR) is 95.4 cm³/mol. The lowest BCUT2D eigenvalue weighted by Gasteiger charge is -2.04. The third-order valence-electron chi connectivity index (χ3n) is 4.41. The second-order valence-corrected chi connectivity index (χ2v) is 6.71. The predicted octanol–water partition coefficient (Wildman–Crippen LogP) is 6.74. The van der Waals surface area contributed by atoms with Crippen LogP contribution in [-0.2, 0) is 4.79 Å². The molecule has 0 fully saturated rings. The van der Waals surface area contributed by atoms with Gasteiger partial charge in [0.05, 0.1) is 0 Å². The highest BCUT2D eigenvalue weighted by molar-refractivity contribution is 5.89. The van der Waals surface area contributed by atoms with Gasteiger partial charge in [0.1, 0.15) is 0 Å². The van der Waals surface area contributed by atoms with Gasteiger partial charge in [-0.05, 0) is 13.3 Å². The highest BCUT2D eigenvalue weighted by atomic mass is 16.3. The average molecular weight is 312 g/mol. The zero-order chi connectivity index (χ0) is 16.5. The van der Waals surface area contributed by atoms with Crippen LogP contribution in [0.15, 0.2) is 0 Å². The number of rotatable bonds is 17. The number of hydrogen-bond acceptors (Lipinski definition) is 2. The maximum atomic E-state index is 11.2. The van der Waals surface area contributed by atoms with Gasteiger partial charge >= 0.3 is 0 Å². The Morgan fingerprint density at radius 3 is 1.27 bits per heavy atom. The molecule has 0 rings (SSSR count). The summed E-state index contributed by atoms with van der Waals surface area (Å²) in [6, 6.07) is 0. The Balaban J connectivity index is 3.04. The topological polar surface area (TPSA) is 37.3 Å². The van der Waals surface area contributed by atoms with Gasteiger partial charge in [0, 0.05) is 6.42 Å². The maximum Gasteiger partial charge on any atom is 0.167 e. The van der Waals surface area contributed by atoms with Crippen LogP contribution in [0.3, 0.4) is 0 Å². The maximum absolute atomic E-state index is 11.2. The lowest BCUT2D eigenvalue weighted by atomic mass is 10.0. The van der Waals surface area contributed by atoms with Gasteiger partial charge in [-0.3, -0.25) is 4.79 Å². The van der Waals surface area contributed by atoms with Crippen LogP contribution in [0, 0.1) is 6.10 Å². The van der Waals surface area contributed by atoms with E-state index in [0.717, 1.165) is 12.8 Å². The first-order valence-electron chi connectivity index (χ1n) is 9.74. The number of ketones is 1. The minimum Gasteiger partial charge on any atom is -0.379 e. The molecule has 0 saturated heterocycles. The number of carbonyl (C=O) groups excluding carboxylic acids is 1. The zero-order valence-corrected chi connectivity index (χ0v) is 15.2. The van der Waals surface area contributed by atoms with Crippen molar-refractivity contribution in [3.05, 3.63) is 6.10 Å². The van der Waals surface area contributed by atoms with Crippen molar-refractivity contribution < 1.29 is 9.90 Å². The summed E-state index contributed by atoms with van der Waals surface area (Å²) >= 11 is 0. The Labute approximate surface area is 139 Å². The SMILES string of the molecule is CCCCCCCCCCCCCCCCCC(=O)[C](C)O. The van der Waals surface area contributed by atoms with Gasteiger partial charge in [-0.15, -0.1) is 0 Å². The molecule has 0 saturated carbocycles. The molecule has 0 aliphatic heterocycles. The Morgan fingerprint density at radius 2 is 0.955 bits per heavy atom. The molecule has 1 N–H and O–H groups in total. The Morgan fingerprint density at radius 1 is 0.636 bits per heavy atom. The molecule has 2 heteroatoms. The van der Waals surface area contributed by atoms with Crippen molar-refractivity contribution in [2.24, 2.45) is 0 Å². The number of unbranched alkanes of at least 4 members (excludes halogenated alkanes) is 14. The van der Waals surface area contributed by atoms with E-state index in [2.05, 4.69) is 6.92 Å². The van der Waals surface area contributed by atoms with Crippen LogP contribution in [0.2, 0.25) is 0 Å². The van der Waals surface area contributed by atoms with Gasteiger partial charge in [-0.2, -0.15) is 0 Å². The van der Waals surface area contributed by atoms with E-state index in [1.807, 2.05) is 0 Å². The first-order valence-corrected chi connectivity index (χ1v) is 9.74. The fourth-order valence-electron chi connectivity index (χ4n) is 2.84. The molecule has 0 aromatic rings. The lowest BCUT2D eigenvalue weighted by Crippen LogP contribution is -2.06. The molecule has 1 radical (unpaired) electrons. The number of aliphatic hydroxyl groups excluding tert-OH is 1. The van der Waals surface area contributed by atoms with Crippen molar-refractivity contribution >= 4 is 5.78 Å². The molecule has 0 aliphatic carbocycles. The van der Waals surface area contributed by atoms with E-state index in [1.165, 1.54) is 90.4 Å². The second-order valence-electron chi connectivity index (χ2n) is 6.71. The van der Waals surface area contributed by atoms with Crippen molar-refractivity contribution in [1.82, 2.24) is 0 Å². The minimum absolute atomic E-state index is 0.0367. The third kappa shape index (κ3) is 16.0. The van der Waals surface area contributed by atoms with Crippen LogP contribution in [-0.4, -0.2) is 10.9 Å². The summed E-state index contributed by atoms with van der Waals surface area (Å²) in [5, 5.41) is 9.00. The van der Waals surface area contributed by atoms with Crippen molar-refractivity contribution in [2.45, 2.75) is 117 Å². The Bertz CT molecular complexity index is 236. The second kappa shape index (κ2) is 17.0. The van der Waals surface area contributed by atoms with E-state index in [0.29, 0.717) is 6.42 Å². The van der Waals surface area contributed by atoms with Gasteiger partial charge in [-0.25, -0.2) is 0 Å². The van der Waals surface area contributed by atoms with Gasteiger partial charge in [0.2, 0.25) is 0 Å². The van der Waals surface area contributed by atoms with Crippen molar-refractivity contribution in [3.8, 4) is 0 Å². The summed E-state index contributed by atoms with van der Waals surface area (Å²) in [7, 11) is 0. The van der Waals surface area contributed by atoms with E-state index < -0.39 is 0 Å². The first kappa shape index (κ1) is 21.6. The highest BCUT2D eigenvalue weighted by Crippen LogP contribution is 2.14. The summed E-state index contributed by atoms with van der Waals surface area (Å²) in [6.45, 7) is 3.75. The number of carbonyl (C=O) groups is 1. The first-order chi connectivity index (χ1) is 10.7. The third-order valence-corrected chi connectivity index (χ3v) is 4.41. The molecule has 0 aliphatic rings. The minimum atomic E-state index is -0.0882. The van der Waals surface area contributed by atoms with Crippen LogP contribution < -0.4 is 0 Å². The van der Waals surface area contributed by atoms with Gasteiger partial charge in [0.15, 0.2) is 11.9 Å². The molecule has 0 bridgehead atoms. The fraction of sp³-hybridized carbons (Fsp3) is 0.900. The lowest BCUT2D eigenvalue weighted by molar-refractivity contribution is -0.121. The molecular weight excluding hydrogens is 272 g/mol. The van der Waals surface area contributed by atoms with Gasteiger partial charge in [-0.1, -0.05) is 96.8 Å². The van der Waals surface area contributed by atoms with Gasteiger partial charge < -0.3 is 5.11 Å². The van der Waals surface area contributed by atoms with Crippen LogP contribution >= 0.6 is 0 Å². The molecule has 0 amide bonds. The van der Waals surface area contributed by atoms with Crippen LogP contribution in [0.5, 0.6) is 0 Å². The number of hydrogen-bond donors (Lipinski definition) is 1. The molecule has 0 aromatic heterocycles. The molecule has 131 valence electrons. The van der Waals surface area contributed by atoms with Crippen molar-refractivity contribution in [1.29, 1.82) is 0 Å². The average Bonchev–Trinajstić information content (AvgIpc) is 2.50. The van der Waals surface area contributed by atoms with E-state index in [4.69, 9.17) is 5.11 Å². The van der Waals surface area contributed by atoms with E-state index in [9.17, 15) is 4.79 Å². The van der Waals surface area contributed by atoms with E-state index in [-0.39, 0.29) is 11.9 Å². The monoisotopic (exact) mass is 311 g/mol. The quantitative estimate of drug-likeness (QED) is 0.302. The van der Waals surface area contributed by atoms with Gasteiger partial charge in [0.25, 0.3) is 0 Å². The van der Waals surface area contributed by atoms with E-state index in [1.54, 1.807) is 0 Å². The normalized spacial score (nSPS) is 11.3. The summed E-state index contributed by atoms with van der Waals surface area (Å²) in [5.41, 5.74) is 0. The Kier molecular flexibility index (Phi) is 16.7. The van der Waals surface area contributed by atoms with Crippen LogP contribution in [0.25, 0.3) is 0 Å². The summed E-state index contributed by atoms with van der Waals surface area (Å²) in [5.74, 6) is -0.0882. The molecule has 0 heterocycles. The molecular formula is C20H39O2. The van der Waals surface area contributed by atoms with Crippen molar-refractivity contribution in [3.63, 3.8) is 0 Å². The molecule has 2 nitrogen and oxygen atoms in total. The summed E-state index contributed by atoms with van der Waals surface area (Å²) in [4.78, 5) is 11.2. The molecule has 0 aromatic carbocycles. The molecule has 0 spiro atoms. The largest absolute Gasteiger partial charge is 0.379 e. The fourth-order valence-corrected chi connectivity index (χ4v) is 2.84. The van der Waals surface area contributed by atoms with E-state index >= 15 is 0 Å². The zero-order valence-electron chi connectivity index (χ0n) is 15.2. The molecule has 0 atom stereocenters. The molecule has 22 heavy (non-hydrogen) atoms. The summed E-state index contributed by atoms with van der Waals surface area (Å²) in [6.07, 6.45) is 20.5. The highest BCUT2D eigenvalue weighted by Gasteiger charge is 2.08. The summed E-state index contributed by atoms with van der Waals surface area (Å²) < 4.78 is 0. The molecule has 0 unspecified atom stereocenters. The number of Topliss-reactive ketones (excluding diaryl/α,β-unsaturated/α-hetero) is 1. The standard InChI is InChI=1S/C20H39O2/c1-3-4-5-6-7-8-9-10-11-12-13-14-15-16-17-18-20(22)19(2)21/h21H,3-18H2,1-2H3.